The number of carbonyl (C=O) groups excluding carboxylic acids is 2. The second kappa shape index (κ2) is 7.72. The van der Waals surface area contributed by atoms with Crippen molar-refractivity contribution in [2.45, 2.75) is 52.6 Å². The van der Waals surface area contributed by atoms with E-state index in [-0.39, 0.29) is 18.2 Å². The summed E-state index contributed by atoms with van der Waals surface area (Å²) in [5.41, 5.74) is 4.25. The van der Waals surface area contributed by atoms with Gasteiger partial charge < -0.3 is 14.7 Å². The fraction of sp³-hybridized carbons (Fsp3) is 0.450. The Balaban J connectivity index is 1.58. The Kier molecular flexibility index (Phi) is 5.40. The topological polar surface area (TPSA) is 75.4 Å². The van der Waals surface area contributed by atoms with Gasteiger partial charge in [0.1, 0.15) is 11.8 Å². The maximum Gasteiger partial charge on any atom is 0.243 e. The molecule has 2 amide bonds. The molecule has 0 spiro atoms. The smallest absolute Gasteiger partial charge is 0.243 e. The van der Waals surface area contributed by atoms with Gasteiger partial charge in [0.05, 0.1) is 12.1 Å². The minimum atomic E-state index is -0.405. The lowest BCUT2D eigenvalue weighted by Gasteiger charge is -2.23. The second-order valence-corrected chi connectivity index (χ2v) is 6.99. The summed E-state index contributed by atoms with van der Waals surface area (Å²) in [5.74, 6) is 0.349. The third kappa shape index (κ3) is 4.12. The first-order valence-corrected chi connectivity index (χ1v) is 8.99. The summed E-state index contributed by atoms with van der Waals surface area (Å²) < 4.78 is 5.12. The van der Waals surface area contributed by atoms with Gasteiger partial charge in [-0.2, -0.15) is 0 Å². The highest BCUT2D eigenvalue weighted by Crippen LogP contribution is 2.19. The van der Waals surface area contributed by atoms with E-state index in [9.17, 15) is 9.59 Å². The van der Waals surface area contributed by atoms with E-state index in [2.05, 4.69) is 36.5 Å². The molecule has 1 aliphatic heterocycles. The van der Waals surface area contributed by atoms with Gasteiger partial charge in [-0.05, 0) is 50.3 Å². The molecule has 6 heteroatoms. The van der Waals surface area contributed by atoms with Crippen molar-refractivity contribution in [2.24, 2.45) is 0 Å². The van der Waals surface area contributed by atoms with Crippen LogP contribution in [0.15, 0.2) is 28.8 Å². The molecule has 0 bridgehead atoms. The molecule has 0 radical (unpaired) electrons. The zero-order valence-electron chi connectivity index (χ0n) is 15.5. The minimum absolute atomic E-state index is 0.0926. The fourth-order valence-electron chi connectivity index (χ4n) is 3.31. The van der Waals surface area contributed by atoms with Gasteiger partial charge in [0, 0.05) is 19.2 Å². The molecule has 2 heterocycles. The van der Waals surface area contributed by atoms with Gasteiger partial charge >= 0.3 is 0 Å². The van der Waals surface area contributed by atoms with Crippen molar-refractivity contribution in [3.63, 3.8) is 0 Å². The zero-order valence-corrected chi connectivity index (χ0v) is 15.5. The largest absolute Gasteiger partial charge is 0.361 e. The number of benzene rings is 1. The number of nitrogens with one attached hydrogen (secondary N) is 1. The van der Waals surface area contributed by atoms with Crippen LogP contribution in [0.4, 0.5) is 0 Å². The molecule has 0 unspecified atom stereocenters. The lowest BCUT2D eigenvalue weighted by molar-refractivity contribution is -0.138. The van der Waals surface area contributed by atoms with Crippen LogP contribution in [0.5, 0.6) is 0 Å². The highest BCUT2D eigenvalue weighted by Gasteiger charge is 2.34. The van der Waals surface area contributed by atoms with E-state index in [1.807, 2.05) is 13.0 Å². The van der Waals surface area contributed by atoms with Crippen molar-refractivity contribution in [1.82, 2.24) is 15.4 Å². The predicted molar refractivity (Wildman–Crippen MR) is 97.4 cm³/mol. The van der Waals surface area contributed by atoms with Gasteiger partial charge in [0.2, 0.25) is 11.8 Å². The Hall–Kier alpha value is -2.63. The second-order valence-electron chi connectivity index (χ2n) is 6.99. The molecular weight excluding hydrogens is 330 g/mol. The zero-order chi connectivity index (χ0) is 18.7. The summed E-state index contributed by atoms with van der Waals surface area (Å²) in [7, 11) is 0. The third-order valence-corrected chi connectivity index (χ3v) is 4.92. The molecule has 1 saturated heterocycles. The molecule has 1 fully saturated rings. The van der Waals surface area contributed by atoms with Gasteiger partial charge in [0.15, 0.2) is 0 Å². The molecule has 6 nitrogen and oxygen atoms in total. The van der Waals surface area contributed by atoms with Crippen LogP contribution in [-0.2, 0) is 22.6 Å². The van der Waals surface area contributed by atoms with Crippen LogP contribution in [0.25, 0.3) is 0 Å². The van der Waals surface area contributed by atoms with Gasteiger partial charge in [-0.15, -0.1) is 0 Å². The first kappa shape index (κ1) is 18.2. The molecule has 26 heavy (non-hydrogen) atoms. The van der Waals surface area contributed by atoms with Crippen molar-refractivity contribution in [3.05, 3.63) is 52.4 Å². The van der Waals surface area contributed by atoms with E-state index in [4.69, 9.17) is 4.52 Å². The normalized spacial score (nSPS) is 16.7. The lowest BCUT2D eigenvalue weighted by Crippen LogP contribution is -2.46. The van der Waals surface area contributed by atoms with Crippen LogP contribution >= 0.6 is 0 Å². The highest BCUT2D eigenvalue weighted by atomic mass is 16.5. The van der Waals surface area contributed by atoms with Crippen molar-refractivity contribution in [1.29, 1.82) is 0 Å². The van der Waals surface area contributed by atoms with Gasteiger partial charge in [-0.25, -0.2) is 0 Å². The van der Waals surface area contributed by atoms with E-state index in [0.29, 0.717) is 25.3 Å². The number of amides is 2. The van der Waals surface area contributed by atoms with Gasteiger partial charge in [-0.1, -0.05) is 23.4 Å². The van der Waals surface area contributed by atoms with E-state index < -0.39 is 6.04 Å². The molecule has 1 aromatic heterocycles. The van der Waals surface area contributed by atoms with Crippen LogP contribution in [0.1, 0.15) is 41.0 Å². The SMILES string of the molecule is Cc1cc(CC(=O)N2CCC[C@H]2C(=O)NCc2ccc(C)c(C)c2)on1. The van der Waals surface area contributed by atoms with E-state index >= 15 is 0 Å². The third-order valence-electron chi connectivity index (χ3n) is 4.92. The Morgan fingerprint density at radius 2 is 2.04 bits per heavy atom. The first-order valence-electron chi connectivity index (χ1n) is 8.99. The number of hydrogen-bond donors (Lipinski definition) is 1. The van der Waals surface area contributed by atoms with Crippen molar-refractivity contribution in [3.8, 4) is 0 Å². The van der Waals surface area contributed by atoms with Crippen LogP contribution in [0.2, 0.25) is 0 Å². The Bertz CT molecular complexity index is 812. The average molecular weight is 355 g/mol. The molecule has 0 saturated carbocycles. The Morgan fingerprint density at radius 3 is 2.73 bits per heavy atom. The number of hydrogen-bond acceptors (Lipinski definition) is 4. The van der Waals surface area contributed by atoms with E-state index in [1.54, 1.807) is 11.0 Å². The summed E-state index contributed by atoms with van der Waals surface area (Å²) in [6.07, 6.45) is 1.67. The molecule has 2 aromatic rings. The minimum Gasteiger partial charge on any atom is -0.361 e. The average Bonchev–Trinajstić information content (AvgIpc) is 3.24. The molecule has 1 N–H and O–H groups in total. The number of rotatable bonds is 5. The first-order chi connectivity index (χ1) is 12.4. The Morgan fingerprint density at radius 1 is 1.23 bits per heavy atom. The van der Waals surface area contributed by atoms with E-state index in [1.165, 1.54) is 11.1 Å². The van der Waals surface area contributed by atoms with Crippen molar-refractivity contribution < 1.29 is 14.1 Å². The van der Waals surface area contributed by atoms with E-state index in [0.717, 1.165) is 17.7 Å². The number of nitrogens with zero attached hydrogens (tertiary/aromatic N) is 2. The maximum absolute atomic E-state index is 12.6. The number of aryl methyl sites for hydroxylation is 3. The summed E-state index contributed by atoms with van der Waals surface area (Å²) in [6.45, 7) is 7.02. The fourth-order valence-corrected chi connectivity index (χ4v) is 3.31. The molecular formula is C20H25N3O3. The summed E-state index contributed by atoms with van der Waals surface area (Å²) >= 11 is 0. The lowest BCUT2D eigenvalue weighted by atomic mass is 10.1. The van der Waals surface area contributed by atoms with Crippen molar-refractivity contribution >= 4 is 11.8 Å². The van der Waals surface area contributed by atoms with Gasteiger partial charge in [-0.3, -0.25) is 9.59 Å². The Labute approximate surface area is 153 Å². The molecule has 1 atom stereocenters. The molecule has 1 aromatic carbocycles. The summed E-state index contributed by atoms with van der Waals surface area (Å²) in [5, 5.41) is 6.77. The molecule has 0 aliphatic carbocycles. The van der Waals surface area contributed by atoms with Crippen LogP contribution in [0, 0.1) is 20.8 Å². The summed E-state index contributed by atoms with van der Waals surface area (Å²) in [6, 6.07) is 7.51. The molecule has 3 rings (SSSR count). The number of likely N-dealkylation sites (tertiary alicyclic amines) is 1. The molecule has 138 valence electrons. The highest BCUT2D eigenvalue weighted by molar-refractivity contribution is 5.88. The van der Waals surface area contributed by atoms with Crippen LogP contribution < -0.4 is 5.32 Å². The van der Waals surface area contributed by atoms with Crippen molar-refractivity contribution in [2.75, 3.05) is 6.54 Å². The van der Waals surface area contributed by atoms with Crippen LogP contribution in [-0.4, -0.2) is 34.5 Å². The monoisotopic (exact) mass is 355 g/mol. The molecule has 1 aliphatic rings. The van der Waals surface area contributed by atoms with Gasteiger partial charge in [0.25, 0.3) is 0 Å². The summed E-state index contributed by atoms with van der Waals surface area (Å²) in [4.78, 5) is 26.8. The van der Waals surface area contributed by atoms with Crippen LogP contribution in [0.3, 0.4) is 0 Å². The quantitative estimate of drug-likeness (QED) is 0.894. The maximum atomic E-state index is 12.6. The standard InChI is InChI=1S/C20H25N3O3/c1-13-6-7-16(9-14(13)2)12-21-20(25)18-5-4-8-23(18)19(24)11-17-10-15(3)22-26-17/h6-7,9-10,18H,4-5,8,11-12H2,1-3H3,(H,21,25)/t18-/m0/s1. The predicted octanol–water partition coefficient (Wildman–Crippen LogP) is 2.45. The number of aromatic nitrogens is 1. The number of carbonyl (C=O) groups is 2.